The van der Waals surface area contributed by atoms with Crippen molar-refractivity contribution in [2.75, 3.05) is 13.1 Å². The molecule has 0 unspecified atom stereocenters. The quantitative estimate of drug-likeness (QED) is 0.677. The third-order valence-corrected chi connectivity index (χ3v) is 3.04. The molecule has 14 heavy (non-hydrogen) atoms. The van der Waals surface area contributed by atoms with Crippen molar-refractivity contribution in [1.29, 1.82) is 0 Å². The van der Waals surface area contributed by atoms with Gasteiger partial charge in [-0.15, -0.1) is 0 Å². The third kappa shape index (κ3) is 2.58. The van der Waals surface area contributed by atoms with Gasteiger partial charge >= 0.3 is 0 Å². The van der Waals surface area contributed by atoms with E-state index in [0.717, 1.165) is 19.0 Å². The van der Waals surface area contributed by atoms with Gasteiger partial charge in [-0.05, 0) is 37.7 Å². The number of rotatable bonds is 2. The summed E-state index contributed by atoms with van der Waals surface area (Å²) in [7, 11) is 0. The predicted molar refractivity (Wildman–Crippen MR) is 59.5 cm³/mol. The van der Waals surface area contributed by atoms with Crippen LogP contribution < -0.4 is 5.32 Å². The maximum Gasteiger partial charge on any atom is 0.0136 e. The van der Waals surface area contributed by atoms with Gasteiger partial charge in [0.1, 0.15) is 0 Å². The largest absolute Gasteiger partial charge is 0.242 e. The van der Waals surface area contributed by atoms with Crippen LogP contribution in [0.5, 0.6) is 0 Å². The Morgan fingerprint density at radius 3 is 2.43 bits per heavy atom. The molecule has 1 nitrogen and oxygen atoms in total. The SMILES string of the molecule is Cc1ccc(CC2CC[N]CC2)cc1. The van der Waals surface area contributed by atoms with E-state index in [4.69, 9.17) is 0 Å². The first-order valence-corrected chi connectivity index (χ1v) is 5.53. The van der Waals surface area contributed by atoms with E-state index in [2.05, 4.69) is 36.5 Å². The summed E-state index contributed by atoms with van der Waals surface area (Å²) in [4.78, 5) is 0. The Kier molecular flexibility index (Phi) is 3.20. The summed E-state index contributed by atoms with van der Waals surface area (Å²) in [6, 6.07) is 8.95. The van der Waals surface area contributed by atoms with Crippen molar-refractivity contribution in [2.45, 2.75) is 26.2 Å². The summed E-state index contributed by atoms with van der Waals surface area (Å²) in [6.45, 7) is 4.30. The van der Waals surface area contributed by atoms with E-state index in [-0.39, 0.29) is 0 Å². The molecule has 0 aliphatic carbocycles. The molecule has 1 radical (unpaired) electrons. The maximum absolute atomic E-state index is 4.38. The number of nitrogens with zero attached hydrogens (tertiary/aromatic N) is 1. The molecule has 0 bridgehead atoms. The van der Waals surface area contributed by atoms with Crippen LogP contribution in [0.2, 0.25) is 0 Å². The van der Waals surface area contributed by atoms with Crippen LogP contribution >= 0.6 is 0 Å². The first-order valence-electron chi connectivity index (χ1n) is 5.53. The van der Waals surface area contributed by atoms with Gasteiger partial charge in [-0.2, -0.15) is 0 Å². The maximum atomic E-state index is 4.38. The number of hydrogen-bond acceptors (Lipinski definition) is 0. The summed E-state index contributed by atoms with van der Waals surface area (Å²) >= 11 is 0. The Bertz CT molecular complexity index is 270. The van der Waals surface area contributed by atoms with Crippen LogP contribution in [0.3, 0.4) is 0 Å². The molecule has 1 aromatic carbocycles. The summed E-state index contributed by atoms with van der Waals surface area (Å²) in [5, 5.41) is 4.38. The molecule has 0 amide bonds. The van der Waals surface area contributed by atoms with Gasteiger partial charge in [0.2, 0.25) is 0 Å². The van der Waals surface area contributed by atoms with E-state index in [0.29, 0.717) is 0 Å². The van der Waals surface area contributed by atoms with Crippen molar-refractivity contribution in [2.24, 2.45) is 5.92 Å². The molecule has 1 aromatic rings. The molecule has 0 saturated carbocycles. The second-order valence-corrected chi connectivity index (χ2v) is 4.30. The second kappa shape index (κ2) is 4.61. The molecule has 1 aliphatic rings. The number of aryl methyl sites for hydroxylation is 1. The zero-order valence-corrected chi connectivity index (χ0v) is 8.87. The predicted octanol–water partition coefficient (Wildman–Crippen LogP) is 2.55. The minimum Gasteiger partial charge on any atom is -0.242 e. The molecule has 1 fully saturated rings. The smallest absolute Gasteiger partial charge is 0.0136 e. The van der Waals surface area contributed by atoms with Gasteiger partial charge in [0, 0.05) is 13.1 Å². The molecule has 1 heteroatoms. The fraction of sp³-hybridized carbons (Fsp3) is 0.538. The summed E-state index contributed by atoms with van der Waals surface area (Å²) in [5.41, 5.74) is 2.84. The highest BCUT2D eigenvalue weighted by atomic mass is 14.9. The summed E-state index contributed by atoms with van der Waals surface area (Å²) in [6.07, 6.45) is 3.82. The van der Waals surface area contributed by atoms with Crippen molar-refractivity contribution in [3.05, 3.63) is 35.4 Å². The van der Waals surface area contributed by atoms with Crippen LogP contribution in [0.4, 0.5) is 0 Å². The highest BCUT2D eigenvalue weighted by Crippen LogP contribution is 2.18. The average Bonchev–Trinajstić information content (AvgIpc) is 2.23. The Labute approximate surface area is 86.5 Å². The van der Waals surface area contributed by atoms with Crippen LogP contribution in [-0.4, -0.2) is 13.1 Å². The Morgan fingerprint density at radius 2 is 1.79 bits per heavy atom. The van der Waals surface area contributed by atoms with E-state index in [9.17, 15) is 0 Å². The van der Waals surface area contributed by atoms with Crippen molar-refractivity contribution < 1.29 is 0 Å². The molecule has 1 heterocycles. The minimum absolute atomic E-state index is 0.871. The summed E-state index contributed by atoms with van der Waals surface area (Å²) in [5.74, 6) is 0.871. The first-order chi connectivity index (χ1) is 6.84. The monoisotopic (exact) mass is 188 g/mol. The molecule has 1 aliphatic heterocycles. The normalized spacial score (nSPS) is 18.4. The van der Waals surface area contributed by atoms with Gasteiger partial charge in [-0.25, -0.2) is 5.32 Å². The molecule has 0 aromatic heterocycles. The van der Waals surface area contributed by atoms with Crippen LogP contribution in [0.25, 0.3) is 0 Å². The lowest BCUT2D eigenvalue weighted by molar-refractivity contribution is 0.368. The van der Waals surface area contributed by atoms with Crippen molar-refractivity contribution in [1.82, 2.24) is 5.32 Å². The van der Waals surface area contributed by atoms with Crippen LogP contribution in [0.1, 0.15) is 24.0 Å². The molecule has 2 rings (SSSR count). The molecular weight excluding hydrogens is 170 g/mol. The van der Waals surface area contributed by atoms with Gasteiger partial charge in [0.15, 0.2) is 0 Å². The second-order valence-electron chi connectivity index (χ2n) is 4.30. The number of hydrogen-bond donors (Lipinski definition) is 0. The lowest BCUT2D eigenvalue weighted by Gasteiger charge is -2.21. The van der Waals surface area contributed by atoms with E-state index < -0.39 is 0 Å². The van der Waals surface area contributed by atoms with Gasteiger partial charge < -0.3 is 0 Å². The third-order valence-electron chi connectivity index (χ3n) is 3.04. The molecule has 0 spiro atoms. The minimum atomic E-state index is 0.871. The van der Waals surface area contributed by atoms with Crippen LogP contribution in [0.15, 0.2) is 24.3 Å². The van der Waals surface area contributed by atoms with Crippen molar-refractivity contribution >= 4 is 0 Å². The highest BCUT2D eigenvalue weighted by Gasteiger charge is 2.13. The number of piperidine rings is 1. The fourth-order valence-corrected chi connectivity index (χ4v) is 2.07. The Morgan fingerprint density at radius 1 is 1.14 bits per heavy atom. The van der Waals surface area contributed by atoms with Gasteiger partial charge in [0.25, 0.3) is 0 Å². The highest BCUT2D eigenvalue weighted by molar-refractivity contribution is 5.21. The van der Waals surface area contributed by atoms with Gasteiger partial charge in [-0.3, -0.25) is 0 Å². The summed E-state index contributed by atoms with van der Waals surface area (Å²) < 4.78 is 0. The lowest BCUT2D eigenvalue weighted by atomic mass is 9.91. The Balaban J connectivity index is 1.92. The topological polar surface area (TPSA) is 14.1 Å². The van der Waals surface area contributed by atoms with E-state index in [1.807, 2.05) is 0 Å². The zero-order valence-electron chi connectivity index (χ0n) is 8.87. The fourth-order valence-electron chi connectivity index (χ4n) is 2.07. The van der Waals surface area contributed by atoms with E-state index >= 15 is 0 Å². The standard InChI is InChI=1S/C13H18N/c1-11-2-4-12(5-3-11)10-13-6-8-14-9-7-13/h2-5,13H,6-10H2,1H3. The molecule has 0 atom stereocenters. The van der Waals surface area contributed by atoms with Crippen LogP contribution in [0, 0.1) is 12.8 Å². The van der Waals surface area contributed by atoms with Crippen molar-refractivity contribution in [3.8, 4) is 0 Å². The zero-order chi connectivity index (χ0) is 9.80. The number of benzene rings is 1. The first kappa shape index (κ1) is 9.72. The van der Waals surface area contributed by atoms with Gasteiger partial charge in [-0.1, -0.05) is 29.8 Å². The lowest BCUT2D eigenvalue weighted by Crippen LogP contribution is -2.23. The Hall–Kier alpha value is -0.820. The molecule has 1 saturated heterocycles. The molecular formula is C13H18N. The molecule has 75 valence electrons. The van der Waals surface area contributed by atoms with Crippen LogP contribution in [-0.2, 0) is 6.42 Å². The average molecular weight is 188 g/mol. The van der Waals surface area contributed by atoms with Gasteiger partial charge in [0.05, 0.1) is 0 Å². The van der Waals surface area contributed by atoms with E-state index in [1.54, 1.807) is 0 Å². The van der Waals surface area contributed by atoms with Crippen molar-refractivity contribution in [3.63, 3.8) is 0 Å². The molecule has 0 N–H and O–H groups in total. The van der Waals surface area contributed by atoms with E-state index in [1.165, 1.54) is 30.4 Å².